The van der Waals surface area contributed by atoms with E-state index >= 15 is 0 Å². The van der Waals surface area contributed by atoms with Crippen LogP contribution < -0.4 is 0 Å². The maximum Gasteiger partial charge on any atom is 0.159 e. The van der Waals surface area contributed by atoms with Crippen LogP contribution >= 0.6 is 0 Å². The van der Waals surface area contributed by atoms with Crippen molar-refractivity contribution in [3.63, 3.8) is 0 Å². The Morgan fingerprint density at radius 1 is 0.474 bits per heavy atom. The number of hydrogen-bond acceptors (Lipinski definition) is 2. The summed E-state index contributed by atoms with van der Waals surface area (Å²) in [6.07, 6.45) is 2.00. The lowest BCUT2D eigenvalue weighted by Gasteiger charge is -2.27. The molecule has 0 radical (unpaired) electrons. The molecule has 0 aliphatic heterocycles. The Morgan fingerprint density at radius 3 is 1.68 bits per heavy atom. The first kappa shape index (κ1) is 37.3. The zero-order chi connectivity index (χ0) is 39.5. The van der Waals surface area contributed by atoms with Gasteiger partial charge in [0.05, 0.1) is 28.6 Å². The minimum atomic E-state index is 0.223. The van der Waals surface area contributed by atoms with Crippen LogP contribution in [0.1, 0.15) is 59.2 Å². The van der Waals surface area contributed by atoms with Crippen LogP contribution in [0.5, 0.6) is 0 Å². The summed E-state index contributed by atoms with van der Waals surface area (Å²) in [4.78, 5) is 9.96. The van der Waals surface area contributed by atoms with E-state index in [1.165, 1.54) is 66.4 Å². The number of nitrogens with zero attached hydrogens (tertiary/aromatic N) is 3. The average Bonchev–Trinajstić information content (AvgIpc) is 3.58. The normalized spacial score (nSPS) is 12.2. The van der Waals surface area contributed by atoms with Crippen molar-refractivity contribution in [3.8, 4) is 39.3 Å². The average molecular weight is 740 g/mol. The second-order valence-electron chi connectivity index (χ2n) is 15.2. The molecule has 2 unspecified atom stereocenters. The molecule has 280 valence electrons. The standard InChI is InChI=1S/C48H43N3.C6H6/c1-30-17-13-14-22-38(30)46-31(2)25-26-32(3)47(46)42-27-41-39-23-15-16-24-43(39)51(45-29-49-48(50-35(45)6)37-20-11-8-12-21-37)44(41)28-40(42)34(5)33(4)36-18-9-7-10-19-36;1-2-4-6-5-3-1/h7-29,33-34H,1-6H3;1-6H. The number of hydrogen-bond donors (Lipinski definition) is 0. The van der Waals surface area contributed by atoms with Crippen LogP contribution in [0.15, 0.2) is 176 Å². The third-order valence-corrected chi connectivity index (χ3v) is 11.6. The molecule has 9 rings (SSSR count). The molecule has 0 aliphatic rings. The van der Waals surface area contributed by atoms with Crippen molar-refractivity contribution < 1.29 is 0 Å². The second-order valence-corrected chi connectivity index (χ2v) is 15.2. The number of aryl methyl sites for hydroxylation is 4. The molecule has 0 saturated heterocycles. The van der Waals surface area contributed by atoms with Crippen molar-refractivity contribution in [1.29, 1.82) is 0 Å². The topological polar surface area (TPSA) is 30.7 Å². The molecule has 0 fully saturated rings. The quantitative estimate of drug-likeness (QED) is 0.163. The third-order valence-electron chi connectivity index (χ3n) is 11.6. The largest absolute Gasteiger partial charge is 0.306 e. The van der Waals surface area contributed by atoms with Gasteiger partial charge in [-0.1, -0.05) is 166 Å². The van der Waals surface area contributed by atoms with Crippen LogP contribution in [0.4, 0.5) is 0 Å². The second kappa shape index (κ2) is 16.3. The van der Waals surface area contributed by atoms with Gasteiger partial charge in [0.1, 0.15) is 0 Å². The Bertz CT molecular complexity index is 2770. The van der Waals surface area contributed by atoms with Gasteiger partial charge in [0.15, 0.2) is 5.82 Å². The highest BCUT2D eigenvalue weighted by Crippen LogP contribution is 2.47. The van der Waals surface area contributed by atoms with E-state index in [1.54, 1.807) is 0 Å². The van der Waals surface area contributed by atoms with E-state index in [2.05, 4.69) is 161 Å². The summed E-state index contributed by atoms with van der Waals surface area (Å²) in [5.74, 6) is 1.26. The SMILES string of the molecule is Cc1ccccc1-c1c(C)ccc(C)c1-c1cc2c3ccccc3n(-c3cnc(-c4ccccc4)nc3C)c2cc1C(C)C(C)c1ccccc1.c1ccccc1. The van der Waals surface area contributed by atoms with Gasteiger partial charge in [-0.15, -0.1) is 0 Å². The Morgan fingerprint density at radius 2 is 1.04 bits per heavy atom. The van der Waals surface area contributed by atoms with E-state index in [4.69, 9.17) is 9.97 Å². The number of fused-ring (bicyclic) bond motifs is 3. The van der Waals surface area contributed by atoms with Crippen molar-refractivity contribution in [1.82, 2.24) is 14.5 Å². The zero-order valence-electron chi connectivity index (χ0n) is 33.7. The first-order chi connectivity index (χ1) is 27.8. The summed E-state index contributed by atoms with van der Waals surface area (Å²) in [7, 11) is 0. The van der Waals surface area contributed by atoms with Crippen LogP contribution in [-0.4, -0.2) is 14.5 Å². The molecule has 57 heavy (non-hydrogen) atoms. The molecule has 0 amide bonds. The molecule has 3 heteroatoms. The van der Waals surface area contributed by atoms with E-state index in [1.807, 2.05) is 60.8 Å². The number of para-hydroxylation sites is 1. The molecule has 3 nitrogen and oxygen atoms in total. The van der Waals surface area contributed by atoms with Gasteiger partial charge in [0, 0.05) is 16.3 Å². The predicted molar refractivity (Wildman–Crippen MR) is 241 cm³/mol. The number of benzene rings is 7. The molecule has 9 aromatic rings. The molecule has 7 aromatic carbocycles. The third kappa shape index (κ3) is 7.30. The van der Waals surface area contributed by atoms with Crippen molar-refractivity contribution in [2.24, 2.45) is 0 Å². The van der Waals surface area contributed by atoms with Gasteiger partial charge in [-0.3, -0.25) is 0 Å². The highest BCUT2D eigenvalue weighted by atomic mass is 15.0. The van der Waals surface area contributed by atoms with Crippen molar-refractivity contribution >= 4 is 21.8 Å². The Hall–Kier alpha value is -6.58. The Kier molecular flexibility index (Phi) is 10.7. The molecule has 2 aromatic heterocycles. The van der Waals surface area contributed by atoms with Crippen LogP contribution in [0, 0.1) is 27.7 Å². The highest BCUT2D eigenvalue weighted by Gasteiger charge is 2.26. The fraction of sp³-hybridized carbons (Fsp3) is 0.148. The minimum Gasteiger partial charge on any atom is -0.306 e. The molecular formula is C54H49N3. The maximum absolute atomic E-state index is 5.05. The molecule has 2 heterocycles. The van der Waals surface area contributed by atoms with Crippen molar-refractivity contribution in [2.75, 3.05) is 0 Å². The summed E-state index contributed by atoms with van der Waals surface area (Å²) in [5.41, 5.74) is 17.0. The lowest BCUT2D eigenvalue weighted by Crippen LogP contribution is -2.08. The van der Waals surface area contributed by atoms with Gasteiger partial charge >= 0.3 is 0 Å². The number of rotatable bonds is 7. The van der Waals surface area contributed by atoms with Crippen LogP contribution in [0.25, 0.3) is 61.1 Å². The Labute approximate surface area is 337 Å². The summed E-state index contributed by atoms with van der Waals surface area (Å²) in [6, 6.07) is 60.3. The predicted octanol–water partition coefficient (Wildman–Crippen LogP) is 14.4. The van der Waals surface area contributed by atoms with E-state index in [0.717, 1.165) is 28.3 Å². The minimum absolute atomic E-state index is 0.223. The smallest absolute Gasteiger partial charge is 0.159 e. The highest BCUT2D eigenvalue weighted by molar-refractivity contribution is 6.11. The fourth-order valence-corrected chi connectivity index (χ4v) is 8.35. The van der Waals surface area contributed by atoms with Gasteiger partial charge < -0.3 is 4.57 Å². The van der Waals surface area contributed by atoms with Crippen molar-refractivity contribution in [2.45, 2.75) is 53.4 Å². The lowest BCUT2D eigenvalue weighted by molar-refractivity contribution is 0.625. The van der Waals surface area contributed by atoms with Gasteiger partial charge in [0.25, 0.3) is 0 Å². The van der Waals surface area contributed by atoms with Crippen LogP contribution in [0.2, 0.25) is 0 Å². The fourth-order valence-electron chi connectivity index (χ4n) is 8.35. The van der Waals surface area contributed by atoms with Gasteiger partial charge in [0.2, 0.25) is 0 Å². The molecule has 0 saturated carbocycles. The molecule has 0 N–H and O–H groups in total. The monoisotopic (exact) mass is 739 g/mol. The summed E-state index contributed by atoms with van der Waals surface area (Å²) >= 11 is 0. The molecule has 0 aliphatic carbocycles. The summed E-state index contributed by atoms with van der Waals surface area (Å²) in [6.45, 7) is 13.6. The first-order valence-corrected chi connectivity index (χ1v) is 20.0. The van der Waals surface area contributed by atoms with Crippen LogP contribution in [0.3, 0.4) is 0 Å². The van der Waals surface area contributed by atoms with Gasteiger partial charge in [-0.2, -0.15) is 0 Å². The summed E-state index contributed by atoms with van der Waals surface area (Å²) in [5, 5.41) is 2.45. The maximum atomic E-state index is 5.05. The molecule has 2 atom stereocenters. The van der Waals surface area contributed by atoms with Gasteiger partial charge in [-0.05, 0) is 108 Å². The summed E-state index contributed by atoms with van der Waals surface area (Å²) < 4.78 is 2.38. The molecule has 0 spiro atoms. The Balaban J connectivity index is 0.000000696. The van der Waals surface area contributed by atoms with Crippen LogP contribution in [-0.2, 0) is 0 Å². The molecular weight excluding hydrogens is 691 g/mol. The van der Waals surface area contributed by atoms with Crippen molar-refractivity contribution in [3.05, 3.63) is 210 Å². The molecule has 0 bridgehead atoms. The zero-order valence-corrected chi connectivity index (χ0v) is 33.7. The lowest BCUT2D eigenvalue weighted by atomic mass is 9.77. The van der Waals surface area contributed by atoms with E-state index in [0.29, 0.717) is 5.92 Å². The van der Waals surface area contributed by atoms with E-state index in [-0.39, 0.29) is 5.92 Å². The van der Waals surface area contributed by atoms with Gasteiger partial charge in [-0.25, -0.2) is 9.97 Å². The van der Waals surface area contributed by atoms with E-state index in [9.17, 15) is 0 Å². The first-order valence-electron chi connectivity index (χ1n) is 20.0. The van der Waals surface area contributed by atoms with E-state index < -0.39 is 0 Å². The number of aromatic nitrogens is 3.